The molecule has 0 aliphatic carbocycles. The van der Waals surface area contributed by atoms with Gasteiger partial charge < -0.3 is 14.8 Å². The predicted octanol–water partition coefficient (Wildman–Crippen LogP) is 4.82. The summed E-state index contributed by atoms with van der Waals surface area (Å²) in [5.74, 6) is -0.471. The van der Waals surface area contributed by atoms with E-state index < -0.39 is 18.1 Å². The smallest absolute Gasteiger partial charge is 0.407 e. The minimum absolute atomic E-state index is 0.174. The molecule has 5 nitrogen and oxygen atoms in total. The Kier molecular flexibility index (Phi) is 8.44. The average molecular weight is 415 g/mol. The molecule has 0 fully saturated rings. The maximum Gasteiger partial charge on any atom is 0.407 e. The first-order valence-corrected chi connectivity index (χ1v) is 10.1. The number of rotatable bonds is 9. The fourth-order valence-corrected chi connectivity index (χ4v) is 2.92. The van der Waals surface area contributed by atoms with Crippen LogP contribution in [0.15, 0.2) is 103 Å². The lowest BCUT2D eigenvalue weighted by atomic mass is 10.1. The van der Waals surface area contributed by atoms with Crippen molar-refractivity contribution >= 4 is 12.1 Å². The minimum Gasteiger partial charge on any atom is -0.458 e. The van der Waals surface area contributed by atoms with Gasteiger partial charge in [0.1, 0.15) is 13.2 Å². The van der Waals surface area contributed by atoms with E-state index >= 15 is 0 Å². The van der Waals surface area contributed by atoms with E-state index in [1.54, 1.807) is 6.08 Å². The van der Waals surface area contributed by atoms with E-state index in [9.17, 15) is 9.59 Å². The van der Waals surface area contributed by atoms with Gasteiger partial charge in [-0.25, -0.2) is 9.59 Å². The molecule has 1 atom stereocenters. The second kappa shape index (κ2) is 12.0. The summed E-state index contributed by atoms with van der Waals surface area (Å²) in [6.07, 6.45) is 2.94. The molecule has 0 aliphatic rings. The van der Waals surface area contributed by atoms with E-state index in [-0.39, 0.29) is 13.2 Å². The molecule has 0 heterocycles. The molecule has 3 aromatic rings. The molecule has 5 heteroatoms. The second-order valence-corrected chi connectivity index (χ2v) is 6.95. The molecule has 3 rings (SSSR count). The Hall–Kier alpha value is -3.86. The molecule has 0 saturated heterocycles. The zero-order valence-corrected chi connectivity index (χ0v) is 17.1. The van der Waals surface area contributed by atoms with Crippen molar-refractivity contribution in [2.45, 2.75) is 25.7 Å². The molecule has 158 valence electrons. The fourth-order valence-electron chi connectivity index (χ4n) is 2.92. The molecule has 31 heavy (non-hydrogen) atoms. The van der Waals surface area contributed by atoms with Gasteiger partial charge in [0.15, 0.2) is 0 Å². The molecule has 0 saturated carbocycles. The number of ether oxygens (including phenoxy) is 2. The van der Waals surface area contributed by atoms with Crippen LogP contribution in [0.5, 0.6) is 0 Å². The molecule has 0 aromatic heterocycles. The van der Waals surface area contributed by atoms with Crippen LogP contribution in [0.1, 0.15) is 16.7 Å². The number of nitrogens with one attached hydrogen (secondary N) is 1. The number of alkyl carbamates (subject to hydrolysis) is 1. The number of esters is 1. The van der Waals surface area contributed by atoms with Gasteiger partial charge in [-0.1, -0.05) is 97.1 Å². The zero-order valence-electron chi connectivity index (χ0n) is 17.1. The molecule has 1 N–H and O–H groups in total. The molecule has 0 unspecified atom stereocenters. The summed E-state index contributed by atoms with van der Waals surface area (Å²) in [4.78, 5) is 24.4. The first-order chi connectivity index (χ1) is 15.2. The Labute approximate surface area is 182 Å². The van der Waals surface area contributed by atoms with Gasteiger partial charge in [0.05, 0.1) is 6.04 Å². The first kappa shape index (κ1) is 21.8. The summed E-state index contributed by atoms with van der Waals surface area (Å²) < 4.78 is 10.6. The van der Waals surface area contributed by atoms with Crippen LogP contribution in [0.25, 0.3) is 0 Å². The van der Waals surface area contributed by atoms with Crippen molar-refractivity contribution in [2.24, 2.45) is 0 Å². The topological polar surface area (TPSA) is 64.6 Å². The van der Waals surface area contributed by atoms with Gasteiger partial charge in [-0.3, -0.25) is 0 Å². The van der Waals surface area contributed by atoms with E-state index in [4.69, 9.17) is 9.47 Å². The van der Waals surface area contributed by atoms with Crippen molar-refractivity contribution in [3.05, 3.63) is 120 Å². The summed E-state index contributed by atoms with van der Waals surface area (Å²) >= 11 is 0. The van der Waals surface area contributed by atoms with E-state index in [1.165, 1.54) is 6.08 Å². The number of hydrogen-bond acceptors (Lipinski definition) is 4. The van der Waals surface area contributed by atoms with Gasteiger partial charge in [0, 0.05) is 6.08 Å². The number of hydrogen-bond donors (Lipinski definition) is 1. The molecular formula is C26H25NO4. The van der Waals surface area contributed by atoms with Crippen molar-refractivity contribution in [3.8, 4) is 0 Å². The van der Waals surface area contributed by atoms with E-state index in [1.807, 2.05) is 91.0 Å². The predicted molar refractivity (Wildman–Crippen MR) is 119 cm³/mol. The molecule has 1 amide bonds. The highest BCUT2D eigenvalue weighted by atomic mass is 16.5. The SMILES string of the molecule is O=C(/C=C\[C@@H](Cc1ccccc1)NC(=O)OCc1ccccc1)OCc1ccccc1. The largest absolute Gasteiger partial charge is 0.458 e. The molecule has 0 spiro atoms. The lowest BCUT2D eigenvalue weighted by Gasteiger charge is -2.15. The third kappa shape index (κ3) is 8.19. The van der Waals surface area contributed by atoms with E-state index in [0.29, 0.717) is 6.42 Å². The van der Waals surface area contributed by atoms with Crippen LogP contribution in [-0.2, 0) is 33.9 Å². The highest BCUT2D eigenvalue weighted by molar-refractivity contribution is 5.82. The van der Waals surface area contributed by atoms with Crippen LogP contribution < -0.4 is 5.32 Å². The second-order valence-electron chi connectivity index (χ2n) is 6.95. The van der Waals surface area contributed by atoms with Crippen molar-refractivity contribution in [1.29, 1.82) is 0 Å². The summed E-state index contributed by atoms with van der Waals surface area (Å²) in [7, 11) is 0. The Balaban J connectivity index is 1.56. The molecule has 0 bridgehead atoms. The fraction of sp³-hybridized carbons (Fsp3) is 0.154. The van der Waals surface area contributed by atoms with Crippen LogP contribution in [-0.4, -0.2) is 18.1 Å². The lowest BCUT2D eigenvalue weighted by Crippen LogP contribution is -2.35. The van der Waals surface area contributed by atoms with E-state index in [0.717, 1.165) is 16.7 Å². The lowest BCUT2D eigenvalue weighted by molar-refractivity contribution is -0.139. The van der Waals surface area contributed by atoms with Crippen molar-refractivity contribution in [3.63, 3.8) is 0 Å². The standard InChI is InChI=1S/C26H25NO4/c28-25(30-19-22-12-6-2-7-13-22)17-16-24(18-21-10-4-1-5-11-21)27-26(29)31-20-23-14-8-3-9-15-23/h1-17,24H,18-20H2,(H,27,29)/b17-16-/t24-/m0/s1. The molecular weight excluding hydrogens is 390 g/mol. The quantitative estimate of drug-likeness (QED) is 0.402. The third-order valence-corrected chi connectivity index (χ3v) is 4.50. The monoisotopic (exact) mass is 415 g/mol. The maximum absolute atomic E-state index is 12.3. The van der Waals surface area contributed by atoms with Crippen LogP contribution in [0, 0.1) is 0 Å². The molecule has 0 aliphatic heterocycles. The Bertz CT molecular complexity index is 972. The summed E-state index contributed by atoms with van der Waals surface area (Å²) in [5.41, 5.74) is 2.84. The Morgan fingerprint density at radius 2 is 1.19 bits per heavy atom. The number of carbonyl (C=O) groups is 2. The van der Waals surface area contributed by atoms with Gasteiger partial charge in [0.2, 0.25) is 0 Å². The van der Waals surface area contributed by atoms with Gasteiger partial charge >= 0.3 is 12.1 Å². The third-order valence-electron chi connectivity index (χ3n) is 4.50. The summed E-state index contributed by atoms with van der Waals surface area (Å²) in [6.45, 7) is 0.369. The summed E-state index contributed by atoms with van der Waals surface area (Å²) in [5, 5.41) is 2.81. The molecule has 0 radical (unpaired) electrons. The van der Waals surface area contributed by atoms with Crippen molar-refractivity contribution in [1.82, 2.24) is 5.32 Å². The average Bonchev–Trinajstić information content (AvgIpc) is 2.82. The minimum atomic E-state index is -0.549. The van der Waals surface area contributed by atoms with Crippen molar-refractivity contribution < 1.29 is 19.1 Å². The normalized spacial score (nSPS) is 11.6. The van der Waals surface area contributed by atoms with Crippen molar-refractivity contribution in [2.75, 3.05) is 0 Å². The van der Waals surface area contributed by atoms with Crippen LogP contribution >= 0.6 is 0 Å². The van der Waals surface area contributed by atoms with Crippen LogP contribution in [0.2, 0.25) is 0 Å². The first-order valence-electron chi connectivity index (χ1n) is 10.1. The van der Waals surface area contributed by atoms with Gasteiger partial charge in [-0.15, -0.1) is 0 Å². The maximum atomic E-state index is 12.3. The number of carbonyl (C=O) groups excluding carboxylic acids is 2. The highest BCUT2D eigenvalue weighted by Gasteiger charge is 2.12. The summed E-state index contributed by atoms with van der Waals surface area (Å²) in [6, 6.07) is 28.2. The van der Waals surface area contributed by atoms with Crippen LogP contribution in [0.3, 0.4) is 0 Å². The van der Waals surface area contributed by atoms with Gasteiger partial charge in [-0.05, 0) is 23.1 Å². The number of benzene rings is 3. The Morgan fingerprint density at radius 3 is 1.74 bits per heavy atom. The Morgan fingerprint density at radius 1 is 0.710 bits per heavy atom. The van der Waals surface area contributed by atoms with Gasteiger partial charge in [0.25, 0.3) is 0 Å². The highest BCUT2D eigenvalue weighted by Crippen LogP contribution is 2.07. The van der Waals surface area contributed by atoms with Crippen LogP contribution in [0.4, 0.5) is 4.79 Å². The molecule has 3 aromatic carbocycles. The number of amides is 1. The zero-order chi connectivity index (χ0) is 21.7. The van der Waals surface area contributed by atoms with Gasteiger partial charge in [-0.2, -0.15) is 0 Å². The van der Waals surface area contributed by atoms with E-state index in [2.05, 4.69) is 5.32 Å².